The zero-order chi connectivity index (χ0) is 16.3. The van der Waals surface area contributed by atoms with Crippen LogP contribution in [0.3, 0.4) is 0 Å². The first-order chi connectivity index (χ1) is 11.1. The summed E-state index contributed by atoms with van der Waals surface area (Å²) in [5.74, 6) is 0.637. The lowest BCUT2D eigenvalue weighted by Gasteiger charge is -2.10. The molecule has 1 heterocycles. The quantitative estimate of drug-likeness (QED) is 0.779. The lowest BCUT2D eigenvalue weighted by molar-refractivity contribution is 0.340. The number of para-hydroxylation sites is 1. The third kappa shape index (κ3) is 3.27. The minimum absolute atomic E-state index is 0.175. The summed E-state index contributed by atoms with van der Waals surface area (Å²) >= 11 is 0. The van der Waals surface area contributed by atoms with Crippen molar-refractivity contribution in [1.82, 2.24) is 4.98 Å². The van der Waals surface area contributed by atoms with Gasteiger partial charge in [-0.15, -0.1) is 0 Å². The van der Waals surface area contributed by atoms with Crippen molar-refractivity contribution in [2.24, 2.45) is 0 Å². The molecule has 0 fully saturated rings. The monoisotopic (exact) mass is 328 g/mol. The molecule has 3 aromatic rings. The van der Waals surface area contributed by atoms with E-state index in [0.717, 1.165) is 5.39 Å². The van der Waals surface area contributed by atoms with E-state index in [1.54, 1.807) is 30.5 Å². The average molecular weight is 328 g/mol. The van der Waals surface area contributed by atoms with Gasteiger partial charge in [-0.3, -0.25) is 9.71 Å². The number of ether oxygens (including phenoxy) is 1. The highest BCUT2D eigenvalue weighted by Crippen LogP contribution is 2.24. The Morgan fingerprint density at radius 1 is 1.04 bits per heavy atom. The van der Waals surface area contributed by atoms with E-state index in [-0.39, 0.29) is 4.90 Å². The van der Waals surface area contributed by atoms with Crippen LogP contribution in [0.5, 0.6) is 5.75 Å². The second kappa shape index (κ2) is 6.26. The second-order valence-electron chi connectivity index (χ2n) is 4.89. The number of anilines is 1. The van der Waals surface area contributed by atoms with Crippen LogP contribution in [0.2, 0.25) is 0 Å². The summed E-state index contributed by atoms with van der Waals surface area (Å²) in [6.45, 7) is 2.41. The van der Waals surface area contributed by atoms with E-state index in [4.69, 9.17) is 4.74 Å². The Labute approximate surface area is 135 Å². The topological polar surface area (TPSA) is 68.3 Å². The summed E-state index contributed by atoms with van der Waals surface area (Å²) < 4.78 is 33.0. The lowest BCUT2D eigenvalue weighted by Crippen LogP contribution is -2.13. The highest BCUT2D eigenvalue weighted by atomic mass is 32.2. The van der Waals surface area contributed by atoms with Crippen LogP contribution in [0.15, 0.2) is 65.7 Å². The minimum Gasteiger partial charge on any atom is -0.494 e. The van der Waals surface area contributed by atoms with Crippen LogP contribution < -0.4 is 9.46 Å². The molecule has 0 aliphatic heterocycles. The molecule has 0 spiro atoms. The van der Waals surface area contributed by atoms with Gasteiger partial charge in [0.25, 0.3) is 10.0 Å². The number of nitrogens with zero attached hydrogens (tertiary/aromatic N) is 1. The summed E-state index contributed by atoms with van der Waals surface area (Å²) in [6, 6.07) is 15.4. The maximum atomic E-state index is 12.5. The van der Waals surface area contributed by atoms with Crippen molar-refractivity contribution in [3.05, 3.63) is 60.8 Å². The number of nitrogens with one attached hydrogen (secondary N) is 1. The van der Waals surface area contributed by atoms with Crippen LogP contribution in [-0.4, -0.2) is 20.0 Å². The third-order valence-electron chi connectivity index (χ3n) is 3.32. The number of benzene rings is 2. The summed E-state index contributed by atoms with van der Waals surface area (Å²) in [5, 5.41) is 0.874. The fraction of sp³-hybridized carbons (Fsp3) is 0.118. The van der Waals surface area contributed by atoms with Gasteiger partial charge in [0.05, 0.1) is 22.7 Å². The van der Waals surface area contributed by atoms with Gasteiger partial charge in [0, 0.05) is 11.6 Å². The molecule has 118 valence electrons. The van der Waals surface area contributed by atoms with E-state index in [1.165, 1.54) is 12.1 Å². The van der Waals surface area contributed by atoms with E-state index in [2.05, 4.69) is 9.71 Å². The van der Waals surface area contributed by atoms with Crippen molar-refractivity contribution >= 4 is 26.6 Å². The summed E-state index contributed by atoms with van der Waals surface area (Å²) in [6.07, 6.45) is 1.64. The first-order valence-corrected chi connectivity index (χ1v) is 8.68. The van der Waals surface area contributed by atoms with Crippen LogP contribution in [0.4, 0.5) is 5.69 Å². The Balaban J connectivity index is 1.93. The van der Waals surface area contributed by atoms with E-state index in [0.29, 0.717) is 23.6 Å². The molecule has 1 N–H and O–H groups in total. The van der Waals surface area contributed by atoms with Crippen molar-refractivity contribution in [2.45, 2.75) is 11.8 Å². The normalized spacial score (nSPS) is 11.3. The molecule has 0 saturated heterocycles. The van der Waals surface area contributed by atoms with E-state index in [1.807, 2.05) is 25.1 Å². The number of rotatable bonds is 5. The summed E-state index contributed by atoms with van der Waals surface area (Å²) in [7, 11) is -3.68. The highest BCUT2D eigenvalue weighted by Gasteiger charge is 2.16. The van der Waals surface area contributed by atoms with Gasteiger partial charge in [-0.2, -0.15) is 0 Å². The third-order valence-corrected chi connectivity index (χ3v) is 4.70. The van der Waals surface area contributed by atoms with Gasteiger partial charge in [-0.25, -0.2) is 8.42 Å². The Morgan fingerprint density at radius 3 is 2.52 bits per heavy atom. The Hall–Kier alpha value is -2.60. The number of pyridine rings is 1. The molecule has 6 heteroatoms. The number of hydrogen-bond acceptors (Lipinski definition) is 4. The number of aromatic nitrogens is 1. The zero-order valence-electron chi connectivity index (χ0n) is 12.6. The van der Waals surface area contributed by atoms with Crippen LogP contribution in [0, 0.1) is 0 Å². The Morgan fingerprint density at radius 2 is 1.78 bits per heavy atom. The predicted octanol–water partition coefficient (Wildman–Crippen LogP) is 3.43. The van der Waals surface area contributed by atoms with Crippen LogP contribution >= 0.6 is 0 Å². The van der Waals surface area contributed by atoms with Crippen LogP contribution in [0.1, 0.15) is 6.92 Å². The number of fused-ring (bicyclic) bond motifs is 1. The molecule has 0 atom stereocenters. The molecule has 1 aromatic heterocycles. The number of hydrogen-bond donors (Lipinski definition) is 1. The predicted molar refractivity (Wildman–Crippen MR) is 90.2 cm³/mol. The average Bonchev–Trinajstić information content (AvgIpc) is 2.56. The van der Waals surface area contributed by atoms with Gasteiger partial charge in [0.2, 0.25) is 0 Å². The summed E-state index contributed by atoms with van der Waals surface area (Å²) in [4.78, 5) is 4.43. The molecule has 0 unspecified atom stereocenters. The molecular formula is C17H16N2O3S. The van der Waals surface area contributed by atoms with Crippen molar-refractivity contribution < 1.29 is 13.2 Å². The first-order valence-electron chi connectivity index (χ1n) is 7.19. The molecule has 3 rings (SSSR count). The molecule has 0 aliphatic carbocycles. The fourth-order valence-electron chi connectivity index (χ4n) is 2.27. The molecule has 0 bridgehead atoms. The van der Waals surface area contributed by atoms with Gasteiger partial charge in [-0.05, 0) is 43.3 Å². The van der Waals surface area contributed by atoms with Gasteiger partial charge in [-0.1, -0.05) is 18.2 Å². The summed E-state index contributed by atoms with van der Waals surface area (Å²) in [5.41, 5.74) is 1.07. The van der Waals surface area contributed by atoms with Gasteiger partial charge >= 0.3 is 0 Å². The van der Waals surface area contributed by atoms with E-state index < -0.39 is 10.0 Å². The minimum atomic E-state index is -3.68. The molecule has 0 saturated carbocycles. The molecular weight excluding hydrogens is 312 g/mol. The molecule has 23 heavy (non-hydrogen) atoms. The molecule has 5 nitrogen and oxygen atoms in total. The van der Waals surface area contributed by atoms with E-state index >= 15 is 0 Å². The van der Waals surface area contributed by atoms with Crippen molar-refractivity contribution in [3.8, 4) is 5.75 Å². The zero-order valence-corrected chi connectivity index (χ0v) is 13.4. The lowest BCUT2D eigenvalue weighted by atomic mass is 10.2. The Kier molecular flexibility index (Phi) is 4.16. The van der Waals surface area contributed by atoms with Crippen molar-refractivity contribution in [3.63, 3.8) is 0 Å². The van der Waals surface area contributed by atoms with Crippen LogP contribution in [-0.2, 0) is 10.0 Å². The maximum Gasteiger partial charge on any atom is 0.261 e. The standard InChI is InChI=1S/C17H16N2O3S/c1-2-22-14-8-10-15(11-9-14)23(20,21)19-16-7-3-5-13-6-4-12-18-17(13)16/h3-12,19H,2H2,1H3. The van der Waals surface area contributed by atoms with Crippen molar-refractivity contribution in [1.29, 1.82) is 0 Å². The maximum absolute atomic E-state index is 12.5. The molecule has 2 aromatic carbocycles. The number of sulfonamides is 1. The van der Waals surface area contributed by atoms with Crippen LogP contribution in [0.25, 0.3) is 10.9 Å². The van der Waals surface area contributed by atoms with Gasteiger partial charge in [0.1, 0.15) is 5.75 Å². The molecule has 0 aliphatic rings. The Bertz CT molecular complexity index is 917. The van der Waals surface area contributed by atoms with E-state index in [9.17, 15) is 8.42 Å². The van der Waals surface area contributed by atoms with Gasteiger partial charge in [0.15, 0.2) is 0 Å². The highest BCUT2D eigenvalue weighted by molar-refractivity contribution is 7.92. The largest absolute Gasteiger partial charge is 0.494 e. The fourth-order valence-corrected chi connectivity index (χ4v) is 3.34. The second-order valence-corrected chi connectivity index (χ2v) is 6.57. The molecule has 0 amide bonds. The first kappa shape index (κ1) is 15.3. The van der Waals surface area contributed by atoms with Crippen molar-refractivity contribution in [2.75, 3.05) is 11.3 Å². The smallest absolute Gasteiger partial charge is 0.261 e. The van der Waals surface area contributed by atoms with Gasteiger partial charge < -0.3 is 4.74 Å². The molecule has 0 radical (unpaired) electrons. The SMILES string of the molecule is CCOc1ccc(S(=O)(=O)Nc2cccc3cccnc23)cc1.